The molecule has 1 saturated heterocycles. The normalized spacial score (nSPS) is 19.2. The lowest BCUT2D eigenvalue weighted by Crippen LogP contribution is -2.37. The molecule has 0 spiro atoms. The molecule has 2 aliphatic rings. The fourth-order valence-corrected chi connectivity index (χ4v) is 4.40. The molecule has 2 aromatic rings. The minimum Gasteiger partial charge on any atom is -0.378 e. The zero-order valence-electron chi connectivity index (χ0n) is 16.4. The Morgan fingerprint density at radius 1 is 1.14 bits per heavy atom. The Hall–Kier alpha value is -2.69. The number of ketones is 1. The van der Waals surface area contributed by atoms with Crippen LogP contribution in [0.25, 0.3) is 0 Å². The maximum Gasteiger partial charge on any atom is 0.219 e. The Morgan fingerprint density at radius 2 is 1.89 bits per heavy atom. The maximum atomic E-state index is 12.6. The average Bonchev–Trinajstić information content (AvgIpc) is 3.12. The second-order valence-electron chi connectivity index (χ2n) is 8.04. The highest BCUT2D eigenvalue weighted by atomic mass is 16.2. The van der Waals surface area contributed by atoms with Gasteiger partial charge in [0, 0.05) is 50.9 Å². The fourth-order valence-electron chi connectivity index (χ4n) is 4.40. The number of benzene rings is 1. The van der Waals surface area contributed by atoms with E-state index in [1.807, 2.05) is 29.4 Å². The number of nitrogens with one attached hydrogen (secondary N) is 1. The number of hydrogen-bond donors (Lipinski definition) is 1. The summed E-state index contributed by atoms with van der Waals surface area (Å²) in [7, 11) is 0. The summed E-state index contributed by atoms with van der Waals surface area (Å²) in [6.07, 6.45) is 7.59. The number of anilines is 1. The van der Waals surface area contributed by atoms with Gasteiger partial charge in [0.25, 0.3) is 0 Å². The van der Waals surface area contributed by atoms with Crippen molar-refractivity contribution in [2.75, 3.05) is 18.4 Å². The van der Waals surface area contributed by atoms with Crippen LogP contribution in [-0.2, 0) is 22.4 Å². The summed E-state index contributed by atoms with van der Waals surface area (Å²) in [6.45, 7) is 3.19. The number of Topliss-reactive ketones (excluding diaryl/α,β-unsaturated/α-hetero) is 1. The molecular weight excluding hydrogens is 350 g/mol. The van der Waals surface area contributed by atoms with E-state index in [0.717, 1.165) is 43.6 Å². The van der Waals surface area contributed by atoms with Gasteiger partial charge in [-0.15, -0.1) is 0 Å². The van der Waals surface area contributed by atoms with Crippen molar-refractivity contribution in [3.8, 4) is 0 Å². The van der Waals surface area contributed by atoms with Gasteiger partial charge in [-0.25, -0.2) is 0 Å². The summed E-state index contributed by atoms with van der Waals surface area (Å²) in [5.41, 5.74) is 4.78. The van der Waals surface area contributed by atoms with E-state index in [1.165, 1.54) is 11.1 Å². The standard InChI is InChI=1S/C23H27N3O2/c1-16(27)26-10-6-17(7-11-26)13-21(28)14-18-2-3-22-20(12-18)15-23(25-22)19-4-8-24-9-5-19/h2-5,8-9,12,17,23,25H,6-7,10-11,13-15H2,1H3. The van der Waals surface area contributed by atoms with Crippen molar-refractivity contribution in [3.05, 3.63) is 59.4 Å². The lowest BCUT2D eigenvalue weighted by atomic mass is 9.90. The lowest BCUT2D eigenvalue weighted by molar-refractivity contribution is -0.130. The van der Waals surface area contributed by atoms with Crippen molar-refractivity contribution in [1.29, 1.82) is 0 Å². The van der Waals surface area contributed by atoms with Gasteiger partial charge in [-0.2, -0.15) is 0 Å². The van der Waals surface area contributed by atoms with Crippen LogP contribution in [0, 0.1) is 5.92 Å². The molecular formula is C23H27N3O2. The highest BCUT2D eigenvalue weighted by Gasteiger charge is 2.24. The lowest BCUT2D eigenvalue weighted by Gasteiger charge is -2.31. The third-order valence-corrected chi connectivity index (χ3v) is 6.01. The maximum absolute atomic E-state index is 12.6. The fraction of sp³-hybridized carbons (Fsp3) is 0.435. The number of aromatic nitrogens is 1. The molecule has 1 aromatic carbocycles. The first-order valence-electron chi connectivity index (χ1n) is 10.1. The first-order valence-corrected chi connectivity index (χ1v) is 10.1. The molecule has 5 heteroatoms. The number of piperidine rings is 1. The number of carbonyl (C=O) groups is 2. The highest BCUT2D eigenvalue weighted by molar-refractivity contribution is 5.81. The van der Waals surface area contributed by atoms with Gasteiger partial charge in [0.05, 0.1) is 6.04 Å². The zero-order valence-corrected chi connectivity index (χ0v) is 16.4. The molecule has 4 rings (SSSR count). The summed E-state index contributed by atoms with van der Waals surface area (Å²) < 4.78 is 0. The van der Waals surface area contributed by atoms with Crippen molar-refractivity contribution < 1.29 is 9.59 Å². The number of carbonyl (C=O) groups excluding carboxylic acids is 2. The molecule has 1 unspecified atom stereocenters. The van der Waals surface area contributed by atoms with E-state index in [9.17, 15) is 9.59 Å². The van der Waals surface area contributed by atoms with Gasteiger partial charge in [-0.1, -0.05) is 12.1 Å². The van der Waals surface area contributed by atoms with Gasteiger partial charge in [0.15, 0.2) is 0 Å². The Bertz CT molecular complexity index is 857. The Morgan fingerprint density at radius 3 is 2.61 bits per heavy atom. The third-order valence-electron chi connectivity index (χ3n) is 6.01. The molecule has 146 valence electrons. The minimum absolute atomic E-state index is 0.140. The molecule has 1 amide bonds. The average molecular weight is 377 g/mol. The van der Waals surface area contributed by atoms with Crippen molar-refractivity contribution in [1.82, 2.24) is 9.88 Å². The van der Waals surface area contributed by atoms with E-state index in [4.69, 9.17) is 0 Å². The number of likely N-dealkylation sites (tertiary alicyclic amines) is 1. The molecule has 0 aliphatic carbocycles. The number of amides is 1. The summed E-state index contributed by atoms with van der Waals surface area (Å²) in [5.74, 6) is 0.856. The van der Waals surface area contributed by atoms with Crippen LogP contribution in [0.1, 0.15) is 48.9 Å². The van der Waals surface area contributed by atoms with Crippen LogP contribution < -0.4 is 5.32 Å². The van der Waals surface area contributed by atoms with Crippen LogP contribution in [0.5, 0.6) is 0 Å². The Balaban J connectivity index is 1.32. The zero-order chi connectivity index (χ0) is 19.5. The minimum atomic E-state index is 0.140. The Labute approximate surface area is 166 Å². The quantitative estimate of drug-likeness (QED) is 0.866. The van der Waals surface area contributed by atoms with E-state index < -0.39 is 0 Å². The second kappa shape index (κ2) is 8.13. The number of rotatable bonds is 5. The summed E-state index contributed by atoms with van der Waals surface area (Å²) in [5, 5.41) is 3.57. The topological polar surface area (TPSA) is 62.3 Å². The van der Waals surface area contributed by atoms with Crippen molar-refractivity contribution >= 4 is 17.4 Å². The van der Waals surface area contributed by atoms with Crippen molar-refractivity contribution in [2.24, 2.45) is 5.92 Å². The van der Waals surface area contributed by atoms with E-state index in [1.54, 1.807) is 6.92 Å². The first kappa shape index (κ1) is 18.7. The van der Waals surface area contributed by atoms with Gasteiger partial charge >= 0.3 is 0 Å². The van der Waals surface area contributed by atoms with Crippen molar-refractivity contribution in [3.63, 3.8) is 0 Å². The second-order valence-corrected chi connectivity index (χ2v) is 8.04. The molecule has 5 nitrogen and oxygen atoms in total. The van der Waals surface area contributed by atoms with Gasteiger partial charge in [0.1, 0.15) is 5.78 Å². The Kier molecular flexibility index (Phi) is 5.42. The van der Waals surface area contributed by atoms with Crippen LogP contribution in [-0.4, -0.2) is 34.7 Å². The molecule has 1 aromatic heterocycles. The van der Waals surface area contributed by atoms with E-state index >= 15 is 0 Å². The summed E-state index contributed by atoms with van der Waals surface area (Å²) in [6, 6.07) is 10.7. The molecule has 28 heavy (non-hydrogen) atoms. The molecule has 0 bridgehead atoms. The van der Waals surface area contributed by atoms with Crippen LogP contribution in [0.4, 0.5) is 5.69 Å². The van der Waals surface area contributed by atoms with E-state index in [2.05, 4.69) is 28.5 Å². The summed E-state index contributed by atoms with van der Waals surface area (Å²) >= 11 is 0. The predicted molar refractivity (Wildman–Crippen MR) is 109 cm³/mol. The van der Waals surface area contributed by atoms with Crippen LogP contribution >= 0.6 is 0 Å². The molecule has 1 fully saturated rings. The van der Waals surface area contributed by atoms with E-state index in [0.29, 0.717) is 24.5 Å². The van der Waals surface area contributed by atoms with Crippen LogP contribution in [0.2, 0.25) is 0 Å². The van der Waals surface area contributed by atoms with Gasteiger partial charge in [-0.3, -0.25) is 14.6 Å². The SMILES string of the molecule is CC(=O)N1CCC(CC(=O)Cc2ccc3c(c2)CC(c2ccncc2)N3)CC1. The number of pyridine rings is 1. The van der Waals surface area contributed by atoms with Gasteiger partial charge < -0.3 is 10.2 Å². The molecule has 1 atom stereocenters. The summed E-state index contributed by atoms with van der Waals surface area (Å²) in [4.78, 5) is 30.0. The molecule has 1 N–H and O–H groups in total. The van der Waals surface area contributed by atoms with Crippen LogP contribution in [0.3, 0.4) is 0 Å². The molecule has 0 saturated carbocycles. The number of nitrogens with zero attached hydrogens (tertiary/aromatic N) is 2. The monoisotopic (exact) mass is 377 g/mol. The van der Waals surface area contributed by atoms with Gasteiger partial charge in [0.2, 0.25) is 5.91 Å². The molecule has 2 aliphatic heterocycles. The third kappa shape index (κ3) is 4.24. The largest absolute Gasteiger partial charge is 0.378 e. The molecule has 3 heterocycles. The smallest absolute Gasteiger partial charge is 0.219 e. The first-order chi connectivity index (χ1) is 13.6. The van der Waals surface area contributed by atoms with Gasteiger partial charge in [-0.05, 0) is 60.1 Å². The van der Waals surface area contributed by atoms with Crippen LogP contribution in [0.15, 0.2) is 42.7 Å². The number of hydrogen-bond acceptors (Lipinski definition) is 4. The number of fused-ring (bicyclic) bond motifs is 1. The molecule has 0 radical (unpaired) electrons. The highest BCUT2D eigenvalue weighted by Crippen LogP contribution is 2.34. The predicted octanol–water partition coefficient (Wildman–Crippen LogP) is 3.55. The van der Waals surface area contributed by atoms with Crippen molar-refractivity contribution in [2.45, 2.75) is 45.1 Å². The van der Waals surface area contributed by atoms with E-state index in [-0.39, 0.29) is 11.9 Å².